The van der Waals surface area contributed by atoms with Crippen LogP contribution in [0.5, 0.6) is 0 Å². The average molecular weight is 261 g/mol. The predicted molar refractivity (Wildman–Crippen MR) is 79.8 cm³/mol. The zero-order chi connectivity index (χ0) is 13.3. The number of nitrogens with one attached hydrogen (secondary N) is 1. The fourth-order valence-electron chi connectivity index (χ4n) is 2.15. The summed E-state index contributed by atoms with van der Waals surface area (Å²) < 4.78 is 0. The van der Waals surface area contributed by atoms with Crippen LogP contribution in [0.4, 0.5) is 17.1 Å². The van der Waals surface area contributed by atoms with Crippen molar-refractivity contribution in [3.8, 4) is 0 Å². The Balaban J connectivity index is 2.43. The van der Waals surface area contributed by atoms with Crippen LogP contribution in [0.1, 0.15) is 16.7 Å². The molecule has 0 aliphatic carbocycles. The smallest absolute Gasteiger partial charge is 0.0633 e. The lowest BCUT2D eigenvalue weighted by Crippen LogP contribution is -2.00. The van der Waals surface area contributed by atoms with Crippen molar-refractivity contribution in [2.75, 3.05) is 11.1 Å². The second-order valence-electron chi connectivity index (χ2n) is 4.63. The molecule has 0 heterocycles. The van der Waals surface area contributed by atoms with E-state index >= 15 is 0 Å². The third-order valence-electron chi connectivity index (χ3n) is 2.95. The molecular formula is C15H17ClN2. The van der Waals surface area contributed by atoms with E-state index in [1.807, 2.05) is 12.1 Å². The molecule has 2 aromatic rings. The number of hydrogen-bond donors (Lipinski definition) is 2. The molecular weight excluding hydrogens is 244 g/mol. The molecule has 0 radical (unpaired) electrons. The Labute approximate surface area is 113 Å². The molecule has 0 bridgehead atoms. The van der Waals surface area contributed by atoms with Gasteiger partial charge in [-0.25, -0.2) is 0 Å². The Morgan fingerprint density at radius 2 is 1.61 bits per heavy atom. The normalized spacial score (nSPS) is 10.4. The molecule has 0 atom stereocenters. The molecule has 0 amide bonds. The van der Waals surface area contributed by atoms with Crippen molar-refractivity contribution in [3.05, 3.63) is 52.0 Å². The van der Waals surface area contributed by atoms with Crippen molar-refractivity contribution in [2.24, 2.45) is 0 Å². The molecule has 0 spiro atoms. The van der Waals surface area contributed by atoms with Gasteiger partial charge in [-0.15, -0.1) is 0 Å². The van der Waals surface area contributed by atoms with E-state index in [0.717, 1.165) is 11.4 Å². The van der Waals surface area contributed by atoms with E-state index in [1.54, 1.807) is 6.07 Å². The Bertz CT molecular complexity index is 568. The largest absolute Gasteiger partial charge is 0.397 e. The van der Waals surface area contributed by atoms with Gasteiger partial charge in [0.1, 0.15) is 0 Å². The van der Waals surface area contributed by atoms with Gasteiger partial charge < -0.3 is 11.1 Å². The molecule has 2 nitrogen and oxygen atoms in total. The monoisotopic (exact) mass is 260 g/mol. The second-order valence-corrected chi connectivity index (χ2v) is 5.07. The fourth-order valence-corrected chi connectivity index (χ4v) is 2.32. The van der Waals surface area contributed by atoms with Crippen molar-refractivity contribution < 1.29 is 0 Å². The van der Waals surface area contributed by atoms with Crippen molar-refractivity contribution >= 4 is 28.7 Å². The van der Waals surface area contributed by atoms with Crippen LogP contribution in [0.2, 0.25) is 5.02 Å². The molecule has 3 heteroatoms. The lowest BCUT2D eigenvalue weighted by Gasteiger charge is -2.15. The number of benzene rings is 2. The number of nitrogen functional groups attached to an aromatic ring is 1. The molecule has 2 aromatic carbocycles. The van der Waals surface area contributed by atoms with E-state index in [0.29, 0.717) is 10.7 Å². The minimum Gasteiger partial charge on any atom is -0.397 e. The van der Waals surface area contributed by atoms with Crippen molar-refractivity contribution in [1.82, 2.24) is 0 Å². The first-order chi connectivity index (χ1) is 8.47. The highest BCUT2D eigenvalue weighted by Crippen LogP contribution is 2.30. The molecule has 0 aromatic heterocycles. The van der Waals surface area contributed by atoms with Gasteiger partial charge in [0.15, 0.2) is 0 Å². The second kappa shape index (κ2) is 4.91. The lowest BCUT2D eigenvalue weighted by molar-refractivity contribution is 1.31. The number of aryl methyl sites for hydroxylation is 3. The highest BCUT2D eigenvalue weighted by atomic mass is 35.5. The zero-order valence-corrected chi connectivity index (χ0v) is 11.6. The van der Waals surface area contributed by atoms with Gasteiger partial charge in [-0.3, -0.25) is 0 Å². The number of hydrogen-bond acceptors (Lipinski definition) is 2. The Hall–Kier alpha value is -1.67. The third kappa shape index (κ3) is 2.59. The van der Waals surface area contributed by atoms with Crippen LogP contribution in [-0.4, -0.2) is 0 Å². The van der Waals surface area contributed by atoms with Gasteiger partial charge in [-0.1, -0.05) is 29.3 Å². The summed E-state index contributed by atoms with van der Waals surface area (Å²) in [5.41, 5.74) is 12.2. The molecule has 18 heavy (non-hydrogen) atoms. The highest BCUT2D eigenvalue weighted by Gasteiger charge is 2.06. The first-order valence-corrected chi connectivity index (χ1v) is 6.25. The molecule has 3 N–H and O–H groups in total. The first kappa shape index (κ1) is 12.8. The molecule has 0 aliphatic heterocycles. The van der Waals surface area contributed by atoms with E-state index in [4.69, 9.17) is 17.3 Å². The van der Waals surface area contributed by atoms with E-state index < -0.39 is 0 Å². The van der Waals surface area contributed by atoms with E-state index in [-0.39, 0.29) is 0 Å². The Kier molecular flexibility index (Phi) is 3.48. The molecule has 0 saturated carbocycles. The van der Waals surface area contributed by atoms with Crippen molar-refractivity contribution in [1.29, 1.82) is 0 Å². The van der Waals surface area contributed by atoms with Gasteiger partial charge in [0, 0.05) is 10.7 Å². The summed E-state index contributed by atoms with van der Waals surface area (Å²) >= 11 is 5.99. The molecule has 0 saturated heterocycles. The molecule has 0 aliphatic rings. The standard InChI is InChI=1S/C15H17ClN2/c1-9-6-10(2)15(11(3)7-9)18-14-8-12(16)4-5-13(14)17/h4-8,18H,17H2,1-3H3. The van der Waals surface area contributed by atoms with Gasteiger partial charge >= 0.3 is 0 Å². The Morgan fingerprint density at radius 1 is 1.00 bits per heavy atom. The van der Waals surface area contributed by atoms with Gasteiger partial charge in [0.05, 0.1) is 11.4 Å². The van der Waals surface area contributed by atoms with Crippen molar-refractivity contribution in [2.45, 2.75) is 20.8 Å². The van der Waals surface area contributed by atoms with Gasteiger partial charge in [0.25, 0.3) is 0 Å². The highest BCUT2D eigenvalue weighted by molar-refractivity contribution is 6.31. The maximum Gasteiger partial charge on any atom is 0.0633 e. The van der Waals surface area contributed by atoms with Gasteiger partial charge in [-0.05, 0) is 50.1 Å². The van der Waals surface area contributed by atoms with Crippen LogP contribution in [0.3, 0.4) is 0 Å². The summed E-state index contributed by atoms with van der Waals surface area (Å²) in [6.45, 7) is 6.27. The quantitative estimate of drug-likeness (QED) is 0.775. The van der Waals surface area contributed by atoms with Crippen LogP contribution in [-0.2, 0) is 0 Å². The first-order valence-electron chi connectivity index (χ1n) is 5.87. The molecule has 94 valence electrons. The minimum atomic E-state index is 0.675. The minimum absolute atomic E-state index is 0.675. The number of halogens is 1. The number of nitrogens with two attached hydrogens (primary N) is 1. The summed E-state index contributed by atoms with van der Waals surface area (Å²) in [6.07, 6.45) is 0. The molecule has 2 rings (SSSR count). The SMILES string of the molecule is Cc1cc(C)c(Nc2cc(Cl)ccc2N)c(C)c1. The number of rotatable bonds is 2. The van der Waals surface area contributed by atoms with Gasteiger partial charge in [-0.2, -0.15) is 0 Å². The summed E-state index contributed by atoms with van der Waals surface area (Å²) in [6, 6.07) is 9.74. The summed E-state index contributed by atoms with van der Waals surface area (Å²) in [4.78, 5) is 0. The van der Waals surface area contributed by atoms with E-state index in [2.05, 4.69) is 38.2 Å². The maximum atomic E-state index is 5.99. The lowest BCUT2D eigenvalue weighted by atomic mass is 10.0. The third-order valence-corrected chi connectivity index (χ3v) is 3.19. The summed E-state index contributed by atoms with van der Waals surface area (Å²) in [5, 5.41) is 4.04. The fraction of sp³-hybridized carbons (Fsp3) is 0.200. The van der Waals surface area contributed by atoms with E-state index in [9.17, 15) is 0 Å². The van der Waals surface area contributed by atoms with Crippen LogP contribution >= 0.6 is 11.6 Å². The van der Waals surface area contributed by atoms with Crippen LogP contribution in [0.25, 0.3) is 0 Å². The molecule has 0 fully saturated rings. The van der Waals surface area contributed by atoms with Crippen LogP contribution in [0.15, 0.2) is 30.3 Å². The Morgan fingerprint density at radius 3 is 2.22 bits per heavy atom. The van der Waals surface area contributed by atoms with Crippen molar-refractivity contribution in [3.63, 3.8) is 0 Å². The average Bonchev–Trinajstić information content (AvgIpc) is 2.28. The number of anilines is 3. The van der Waals surface area contributed by atoms with Crippen LogP contribution in [0, 0.1) is 20.8 Å². The summed E-state index contributed by atoms with van der Waals surface area (Å²) in [5.74, 6) is 0. The maximum absolute atomic E-state index is 5.99. The van der Waals surface area contributed by atoms with Crippen LogP contribution < -0.4 is 11.1 Å². The summed E-state index contributed by atoms with van der Waals surface area (Å²) in [7, 11) is 0. The molecule has 0 unspecified atom stereocenters. The van der Waals surface area contributed by atoms with Gasteiger partial charge in [0.2, 0.25) is 0 Å². The van der Waals surface area contributed by atoms with E-state index in [1.165, 1.54) is 16.7 Å². The topological polar surface area (TPSA) is 38.0 Å². The zero-order valence-electron chi connectivity index (χ0n) is 10.8. The predicted octanol–water partition coefficient (Wildman–Crippen LogP) is 4.59.